The summed E-state index contributed by atoms with van der Waals surface area (Å²) < 4.78 is 0. The summed E-state index contributed by atoms with van der Waals surface area (Å²) in [6.45, 7) is 7.32. The Kier molecular flexibility index (Phi) is 9.41. The number of hydrogen-bond acceptors (Lipinski definition) is 4. The number of unbranched alkanes of at least 4 members (excludes halogenated alkanes) is 4. The van der Waals surface area contributed by atoms with Gasteiger partial charge in [-0.3, -0.25) is 9.59 Å². The number of amides is 1. The Labute approximate surface area is 125 Å². The van der Waals surface area contributed by atoms with Gasteiger partial charge in [0.05, 0.1) is 5.70 Å². The van der Waals surface area contributed by atoms with Crippen LogP contribution in [0.5, 0.6) is 0 Å². The Balaban J connectivity index is 3.71. The van der Waals surface area contributed by atoms with Crippen LogP contribution in [-0.4, -0.2) is 28.6 Å². The molecule has 0 aromatic carbocycles. The zero-order valence-electron chi connectivity index (χ0n) is 12.2. The normalized spacial score (nSPS) is 11.0. The molecule has 0 bridgehead atoms. The molecule has 6 nitrogen and oxygen atoms in total. The van der Waals surface area contributed by atoms with Gasteiger partial charge in [-0.1, -0.05) is 32.4 Å². The fraction of sp³-hybridized carbons (Fsp3) is 0.467. The second kappa shape index (κ2) is 10.5. The number of carbonyl (C=O) groups excluding carboxylic acids is 1. The lowest BCUT2D eigenvalue weighted by Crippen LogP contribution is -2.25. The first-order valence-corrected chi connectivity index (χ1v) is 6.89. The second-order valence-corrected chi connectivity index (χ2v) is 4.74. The van der Waals surface area contributed by atoms with Crippen molar-refractivity contribution in [3.05, 3.63) is 36.3 Å². The minimum absolute atomic E-state index is 0.00794. The van der Waals surface area contributed by atoms with E-state index in [0.29, 0.717) is 13.0 Å². The van der Waals surface area contributed by atoms with Crippen LogP contribution >= 0.6 is 0 Å². The highest BCUT2D eigenvalue weighted by Gasteiger charge is 2.05. The SMILES string of the molecule is C=C(/C=C(/N)C(=C)O)C(=O)NCCCCCCCC(=O)O. The second-order valence-electron chi connectivity index (χ2n) is 4.74. The third-order valence-electron chi connectivity index (χ3n) is 2.81. The van der Waals surface area contributed by atoms with Crippen molar-refractivity contribution in [2.75, 3.05) is 6.54 Å². The van der Waals surface area contributed by atoms with Gasteiger partial charge in [0, 0.05) is 18.5 Å². The van der Waals surface area contributed by atoms with E-state index in [4.69, 9.17) is 15.9 Å². The topological polar surface area (TPSA) is 113 Å². The summed E-state index contributed by atoms with van der Waals surface area (Å²) in [6, 6.07) is 0. The van der Waals surface area contributed by atoms with Gasteiger partial charge in [-0.2, -0.15) is 0 Å². The lowest BCUT2D eigenvalue weighted by atomic mass is 10.1. The van der Waals surface area contributed by atoms with Gasteiger partial charge in [-0.25, -0.2) is 0 Å². The van der Waals surface area contributed by atoms with E-state index in [1.165, 1.54) is 6.08 Å². The number of hydrogen-bond donors (Lipinski definition) is 4. The lowest BCUT2D eigenvalue weighted by Gasteiger charge is -2.06. The minimum atomic E-state index is -0.765. The first-order valence-electron chi connectivity index (χ1n) is 6.89. The first kappa shape index (κ1) is 18.8. The number of aliphatic carboxylic acids is 1. The molecule has 0 aromatic heterocycles. The van der Waals surface area contributed by atoms with Gasteiger partial charge in [0.15, 0.2) is 0 Å². The summed E-state index contributed by atoms with van der Waals surface area (Å²) >= 11 is 0. The Hall–Kier alpha value is -2.24. The molecule has 0 aliphatic rings. The summed E-state index contributed by atoms with van der Waals surface area (Å²) in [5.74, 6) is -1.41. The fourth-order valence-electron chi connectivity index (χ4n) is 1.58. The van der Waals surface area contributed by atoms with E-state index in [9.17, 15) is 9.59 Å². The van der Waals surface area contributed by atoms with E-state index in [0.717, 1.165) is 25.7 Å². The maximum atomic E-state index is 11.6. The van der Waals surface area contributed by atoms with Crippen molar-refractivity contribution in [1.29, 1.82) is 0 Å². The summed E-state index contributed by atoms with van der Waals surface area (Å²) in [5, 5.41) is 20.2. The average Bonchev–Trinajstić information content (AvgIpc) is 2.40. The van der Waals surface area contributed by atoms with Crippen molar-refractivity contribution in [3.63, 3.8) is 0 Å². The third-order valence-corrected chi connectivity index (χ3v) is 2.81. The zero-order chi connectivity index (χ0) is 16.3. The number of aliphatic hydroxyl groups is 1. The van der Waals surface area contributed by atoms with Crippen LogP contribution in [0.15, 0.2) is 36.3 Å². The predicted molar refractivity (Wildman–Crippen MR) is 81.5 cm³/mol. The molecule has 0 aliphatic heterocycles. The average molecular weight is 296 g/mol. The Bertz CT molecular complexity index is 427. The molecule has 0 aliphatic carbocycles. The molecule has 0 spiro atoms. The number of aliphatic hydroxyl groups excluding tert-OH is 1. The van der Waals surface area contributed by atoms with Gasteiger partial charge in [0.1, 0.15) is 5.76 Å². The monoisotopic (exact) mass is 296 g/mol. The summed E-state index contributed by atoms with van der Waals surface area (Å²) in [5.41, 5.74) is 5.59. The van der Waals surface area contributed by atoms with Crippen LogP contribution in [0.25, 0.3) is 0 Å². The van der Waals surface area contributed by atoms with Crippen LogP contribution in [0.3, 0.4) is 0 Å². The van der Waals surface area contributed by atoms with Crippen LogP contribution in [0, 0.1) is 0 Å². The molecule has 0 aromatic rings. The largest absolute Gasteiger partial charge is 0.506 e. The fourth-order valence-corrected chi connectivity index (χ4v) is 1.58. The third kappa shape index (κ3) is 10.2. The van der Waals surface area contributed by atoms with Gasteiger partial charge in [-0.05, 0) is 18.9 Å². The summed E-state index contributed by atoms with van der Waals surface area (Å²) in [7, 11) is 0. The molecule has 0 unspecified atom stereocenters. The number of carboxylic acids is 1. The van der Waals surface area contributed by atoms with E-state index in [2.05, 4.69) is 18.5 Å². The number of rotatable bonds is 11. The highest BCUT2D eigenvalue weighted by atomic mass is 16.4. The van der Waals surface area contributed by atoms with E-state index in [1.807, 2.05) is 0 Å². The molecule has 5 N–H and O–H groups in total. The Morgan fingerprint density at radius 3 is 2.19 bits per heavy atom. The number of nitrogens with one attached hydrogen (secondary N) is 1. The molecule has 6 heteroatoms. The molecule has 21 heavy (non-hydrogen) atoms. The van der Waals surface area contributed by atoms with Crippen LogP contribution in [0.4, 0.5) is 0 Å². The highest BCUT2D eigenvalue weighted by Crippen LogP contribution is 2.05. The van der Waals surface area contributed by atoms with Crippen molar-refractivity contribution >= 4 is 11.9 Å². The molecule has 0 saturated carbocycles. The minimum Gasteiger partial charge on any atom is -0.506 e. The standard InChI is InChI=1S/C15H24N2O4/c1-11(10-13(16)12(2)18)15(21)17-9-7-5-3-4-6-8-14(19)20/h10,18H,1-9,16H2,(H,17,21)(H,19,20)/b13-10+. The Morgan fingerprint density at radius 1 is 1.05 bits per heavy atom. The molecule has 0 heterocycles. The Morgan fingerprint density at radius 2 is 1.62 bits per heavy atom. The summed E-state index contributed by atoms with van der Waals surface area (Å²) in [6.07, 6.45) is 5.74. The molecule has 0 fully saturated rings. The molecule has 0 rings (SSSR count). The van der Waals surface area contributed by atoms with Gasteiger partial charge in [0.2, 0.25) is 0 Å². The van der Waals surface area contributed by atoms with E-state index >= 15 is 0 Å². The number of nitrogens with two attached hydrogens (primary N) is 1. The van der Waals surface area contributed by atoms with Gasteiger partial charge in [0.25, 0.3) is 5.91 Å². The molecule has 118 valence electrons. The van der Waals surface area contributed by atoms with Gasteiger partial charge < -0.3 is 21.3 Å². The van der Waals surface area contributed by atoms with Gasteiger partial charge in [-0.15, -0.1) is 0 Å². The number of carbonyl (C=O) groups is 2. The van der Waals surface area contributed by atoms with Crippen molar-refractivity contribution in [2.24, 2.45) is 5.73 Å². The number of carboxylic acid groups (broad SMARTS) is 1. The first-order chi connectivity index (χ1) is 9.84. The van der Waals surface area contributed by atoms with Crippen molar-refractivity contribution in [3.8, 4) is 0 Å². The zero-order valence-corrected chi connectivity index (χ0v) is 12.2. The molecular weight excluding hydrogens is 272 g/mol. The molecule has 0 atom stereocenters. The van der Waals surface area contributed by atoms with E-state index in [1.54, 1.807) is 0 Å². The van der Waals surface area contributed by atoms with Crippen molar-refractivity contribution in [2.45, 2.75) is 38.5 Å². The summed E-state index contributed by atoms with van der Waals surface area (Å²) in [4.78, 5) is 21.9. The highest BCUT2D eigenvalue weighted by molar-refractivity contribution is 5.95. The quantitative estimate of drug-likeness (QED) is 0.201. The predicted octanol–water partition coefficient (Wildman–Crippen LogP) is 2.00. The van der Waals surface area contributed by atoms with Crippen molar-refractivity contribution < 1.29 is 19.8 Å². The maximum absolute atomic E-state index is 11.6. The van der Waals surface area contributed by atoms with Crippen LogP contribution in [0.1, 0.15) is 38.5 Å². The smallest absolute Gasteiger partial charge is 0.303 e. The molecule has 0 saturated heterocycles. The van der Waals surface area contributed by atoms with Crippen LogP contribution < -0.4 is 11.1 Å². The lowest BCUT2D eigenvalue weighted by molar-refractivity contribution is -0.137. The van der Waals surface area contributed by atoms with E-state index < -0.39 is 5.97 Å². The van der Waals surface area contributed by atoms with Gasteiger partial charge >= 0.3 is 5.97 Å². The van der Waals surface area contributed by atoms with Crippen LogP contribution in [0.2, 0.25) is 0 Å². The van der Waals surface area contributed by atoms with Crippen molar-refractivity contribution in [1.82, 2.24) is 5.32 Å². The molecule has 0 radical (unpaired) electrons. The van der Waals surface area contributed by atoms with Crippen LogP contribution in [-0.2, 0) is 9.59 Å². The molecule has 1 amide bonds. The maximum Gasteiger partial charge on any atom is 0.303 e. The molecular formula is C15H24N2O4. The van der Waals surface area contributed by atoms with E-state index in [-0.39, 0.29) is 29.4 Å².